The smallest absolute Gasteiger partial charge is 0.145 e. The molecule has 1 aliphatic rings. The molecule has 0 saturated carbocycles. The summed E-state index contributed by atoms with van der Waals surface area (Å²) in [5, 5.41) is 8.18. The van der Waals surface area contributed by atoms with Gasteiger partial charge in [0.05, 0.1) is 11.6 Å². The van der Waals surface area contributed by atoms with E-state index in [0.717, 1.165) is 31.0 Å². The molecule has 0 fully saturated rings. The molecule has 3 rings (SSSR count). The molecule has 0 radical (unpaired) electrons. The van der Waals surface area contributed by atoms with Gasteiger partial charge in [-0.1, -0.05) is 11.6 Å². The van der Waals surface area contributed by atoms with E-state index >= 15 is 0 Å². The Bertz CT molecular complexity index is 524. The number of aromatic nitrogens is 4. The zero-order valence-electron chi connectivity index (χ0n) is 9.17. The Balaban J connectivity index is 1.74. The van der Waals surface area contributed by atoms with E-state index in [2.05, 4.69) is 20.4 Å². The van der Waals surface area contributed by atoms with E-state index in [1.165, 1.54) is 0 Å². The number of aryl methyl sites for hydroxylation is 1. The molecule has 5 nitrogen and oxygen atoms in total. The van der Waals surface area contributed by atoms with Crippen LogP contribution in [0.1, 0.15) is 12.2 Å². The molecule has 6 heteroatoms. The van der Waals surface area contributed by atoms with Crippen LogP contribution >= 0.6 is 11.6 Å². The fourth-order valence-corrected chi connectivity index (χ4v) is 2.22. The summed E-state index contributed by atoms with van der Waals surface area (Å²) >= 11 is 6.06. The van der Waals surface area contributed by atoms with Gasteiger partial charge >= 0.3 is 0 Å². The first-order valence-electron chi connectivity index (χ1n) is 5.56. The van der Waals surface area contributed by atoms with Crippen molar-refractivity contribution >= 4 is 17.4 Å². The molecule has 2 aromatic heterocycles. The van der Waals surface area contributed by atoms with Crippen molar-refractivity contribution in [3.05, 3.63) is 35.5 Å². The lowest BCUT2D eigenvalue weighted by atomic mass is 10.1. The number of fused-ring (bicyclic) bond motifs is 1. The minimum absolute atomic E-state index is 0.302. The van der Waals surface area contributed by atoms with Crippen LogP contribution < -0.4 is 5.32 Å². The molecule has 0 saturated heterocycles. The van der Waals surface area contributed by atoms with Gasteiger partial charge in [-0.25, -0.2) is 14.6 Å². The maximum absolute atomic E-state index is 6.06. The first kappa shape index (κ1) is 10.5. The van der Waals surface area contributed by atoms with Crippen LogP contribution in [-0.4, -0.2) is 25.8 Å². The largest absolute Gasteiger partial charge is 0.364 e. The number of nitrogens with one attached hydrogen (secondary N) is 1. The van der Waals surface area contributed by atoms with E-state index in [1.807, 2.05) is 16.8 Å². The predicted molar refractivity (Wildman–Crippen MR) is 65.0 cm³/mol. The molecule has 1 atom stereocenters. The molecule has 1 N–H and O–H groups in total. The van der Waals surface area contributed by atoms with Crippen LogP contribution in [0.2, 0.25) is 5.02 Å². The molecular formula is C11H12ClN5. The molecule has 0 aromatic carbocycles. The fourth-order valence-electron chi connectivity index (χ4n) is 2.04. The third-order valence-corrected chi connectivity index (χ3v) is 3.21. The van der Waals surface area contributed by atoms with E-state index < -0.39 is 0 Å². The van der Waals surface area contributed by atoms with Crippen molar-refractivity contribution in [2.45, 2.75) is 25.4 Å². The Labute approximate surface area is 104 Å². The molecule has 17 heavy (non-hydrogen) atoms. The molecule has 2 aromatic rings. The highest BCUT2D eigenvalue weighted by molar-refractivity contribution is 6.32. The molecule has 0 aliphatic carbocycles. The molecule has 3 heterocycles. The fraction of sp³-hybridized carbons (Fsp3) is 0.364. The maximum Gasteiger partial charge on any atom is 0.145 e. The van der Waals surface area contributed by atoms with Crippen molar-refractivity contribution in [2.75, 3.05) is 5.32 Å². The van der Waals surface area contributed by atoms with Crippen molar-refractivity contribution in [1.82, 2.24) is 19.7 Å². The molecule has 0 amide bonds. The van der Waals surface area contributed by atoms with Crippen molar-refractivity contribution in [2.24, 2.45) is 0 Å². The van der Waals surface area contributed by atoms with E-state index in [1.54, 1.807) is 12.5 Å². The quantitative estimate of drug-likeness (QED) is 0.881. The van der Waals surface area contributed by atoms with Crippen molar-refractivity contribution < 1.29 is 0 Å². The predicted octanol–water partition coefficient (Wildman–Crippen LogP) is 1.75. The van der Waals surface area contributed by atoms with Gasteiger partial charge in [-0.15, -0.1) is 0 Å². The highest BCUT2D eigenvalue weighted by Gasteiger charge is 2.20. The lowest BCUT2D eigenvalue weighted by Gasteiger charge is -2.24. The monoisotopic (exact) mass is 249 g/mol. The van der Waals surface area contributed by atoms with E-state index in [0.29, 0.717) is 11.1 Å². The van der Waals surface area contributed by atoms with E-state index in [-0.39, 0.29) is 0 Å². The highest BCUT2D eigenvalue weighted by Crippen LogP contribution is 2.21. The Kier molecular flexibility index (Phi) is 2.68. The minimum atomic E-state index is 0.302. The van der Waals surface area contributed by atoms with Gasteiger partial charge in [0.25, 0.3) is 0 Å². The Morgan fingerprint density at radius 3 is 3.24 bits per heavy atom. The second-order valence-corrected chi connectivity index (χ2v) is 4.48. The summed E-state index contributed by atoms with van der Waals surface area (Å²) in [6.45, 7) is 0.808. The highest BCUT2D eigenvalue weighted by atomic mass is 35.5. The number of halogens is 1. The second-order valence-electron chi connectivity index (χ2n) is 4.07. The first-order chi connectivity index (χ1) is 8.33. The molecule has 88 valence electrons. The van der Waals surface area contributed by atoms with Gasteiger partial charge in [0.2, 0.25) is 0 Å². The van der Waals surface area contributed by atoms with Gasteiger partial charge in [-0.2, -0.15) is 5.10 Å². The van der Waals surface area contributed by atoms with Gasteiger partial charge in [0, 0.05) is 18.7 Å². The average molecular weight is 250 g/mol. The Morgan fingerprint density at radius 1 is 1.41 bits per heavy atom. The van der Waals surface area contributed by atoms with E-state index in [4.69, 9.17) is 11.6 Å². The molecule has 1 unspecified atom stereocenters. The van der Waals surface area contributed by atoms with Gasteiger partial charge in [-0.05, 0) is 18.6 Å². The number of rotatable bonds is 2. The third kappa shape index (κ3) is 2.10. The topological polar surface area (TPSA) is 55.6 Å². The number of hydrogen-bond acceptors (Lipinski definition) is 4. The van der Waals surface area contributed by atoms with Crippen molar-refractivity contribution in [3.8, 4) is 0 Å². The number of pyridine rings is 1. The van der Waals surface area contributed by atoms with Crippen LogP contribution in [0.4, 0.5) is 5.82 Å². The van der Waals surface area contributed by atoms with Crippen LogP contribution in [0.3, 0.4) is 0 Å². The zero-order chi connectivity index (χ0) is 11.7. The average Bonchev–Trinajstić information content (AvgIpc) is 2.79. The van der Waals surface area contributed by atoms with Crippen LogP contribution in [-0.2, 0) is 13.0 Å². The van der Waals surface area contributed by atoms with Crippen molar-refractivity contribution in [3.63, 3.8) is 0 Å². The first-order valence-corrected chi connectivity index (χ1v) is 5.94. The summed E-state index contributed by atoms with van der Waals surface area (Å²) in [5.74, 6) is 1.79. The van der Waals surface area contributed by atoms with E-state index in [9.17, 15) is 0 Å². The Hall–Kier alpha value is -1.62. The van der Waals surface area contributed by atoms with Crippen molar-refractivity contribution in [1.29, 1.82) is 0 Å². The third-order valence-electron chi connectivity index (χ3n) is 2.90. The van der Waals surface area contributed by atoms with Gasteiger partial charge in [0.1, 0.15) is 18.0 Å². The maximum atomic E-state index is 6.06. The van der Waals surface area contributed by atoms with Gasteiger partial charge in [-0.3, -0.25) is 0 Å². The standard InChI is InChI=1S/C11H12ClN5/c12-9-2-1-5-13-11(9)16-8-3-4-10-14-7-15-17(10)6-8/h1-2,5,7-8H,3-4,6H2,(H,13,16). The number of nitrogens with zero attached hydrogens (tertiary/aromatic N) is 4. The van der Waals surface area contributed by atoms with Crippen LogP contribution in [0.5, 0.6) is 0 Å². The van der Waals surface area contributed by atoms with Crippen LogP contribution in [0, 0.1) is 0 Å². The van der Waals surface area contributed by atoms with Crippen LogP contribution in [0.25, 0.3) is 0 Å². The molecule has 0 spiro atoms. The molecule has 0 bridgehead atoms. The second kappa shape index (κ2) is 4.33. The minimum Gasteiger partial charge on any atom is -0.364 e. The Morgan fingerprint density at radius 2 is 2.35 bits per heavy atom. The van der Waals surface area contributed by atoms with Gasteiger partial charge < -0.3 is 5.32 Å². The lowest BCUT2D eigenvalue weighted by Crippen LogP contribution is -2.32. The summed E-state index contributed by atoms with van der Waals surface area (Å²) in [6, 6.07) is 3.96. The lowest BCUT2D eigenvalue weighted by molar-refractivity contribution is 0.441. The number of anilines is 1. The summed E-state index contributed by atoms with van der Waals surface area (Å²) in [7, 11) is 0. The van der Waals surface area contributed by atoms with Crippen LogP contribution in [0.15, 0.2) is 24.7 Å². The SMILES string of the molecule is Clc1cccnc1NC1CCc2ncnn2C1. The zero-order valence-corrected chi connectivity index (χ0v) is 9.93. The summed E-state index contributed by atoms with van der Waals surface area (Å²) < 4.78 is 1.93. The normalized spacial score (nSPS) is 18.8. The molecular weight excluding hydrogens is 238 g/mol. The molecule has 1 aliphatic heterocycles. The van der Waals surface area contributed by atoms with Gasteiger partial charge in [0.15, 0.2) is 0 Å². The summed E-state index contributed by atoms with van der Waals surface area (Å²) in [5.41, 5.74) is 0. The summed E-state index contributed by atoms with van der Waals surface area (Å²) in [6.07, 6.45) is 5.29. The summed E-state index contributed by atoms with van der Waals surface area (Å²) in [4.78, 5) is 8.43. The number of hydrogen-bond donors (Lipinski definition) is 1.